The predicted molar refractivity (Wildman–Crippen MR) is 65.3 cm³/mol. The van der Waals surface area contributed by atoms with Gasteiger partial charge >= 0.3 is 6.18 Å². The summed E-state index contributed by atoms with van der Waals surface area (Å²) in [5, 5.41) is 3.35. The first kappa shape index (κ1) is 15.0. The molecule has 0 saturated carbocycles. The number of alkyl halides is 3. The van der Waals surface area contributed by atoms with Crippen molar-refractivity contribution in [2.45, 2.75) is 45.3 Å². The van der Waals surface area contributed by atoms with E-state index in [1.165, 1.54) is 6.07 Å². The fraction of sp³-hybridized carbons (Fsp3) is 0.615. The summed E-state index contributed by atoms with van der Waals surface area (Å²) < 4.78 is 37.1. The highest BCUT2D eigenvalue weighted by atomic mass is 19.4. The van der Waals surface area contributed by atoms with Crippen LogP contribution >= 0.6 is 0 Å². The van der Waals surface area contributed by atoms with Crippen molar-refractivity contribution in [2.24, 2.45) is 0 Å². The molecule has 0 aliphatic carbocycles. The summed E-state index contributed by atoms with van der Waals surface area (Å²) in [5.74, 6) is 0. The highest BCUT2D eigenvalue weighted by Gasteiger charge is 2.30. The molecule has 0 aliphatic rings. The molecule has 0 fully saturated rings. The minimum absolute atomic E-state index is 0.272. The molecule has 1 aromatic heterocycles. The fourth-order valence-corrected chi connectivity index (χ4v) is 1.67. The van der Waals surface area contributed by atoms with Gasteiger partial charge in [-0.3, -0.25) is 4.98 Å². The van der Waals surface area contributed by atoms with Gasteiger partial charge in [0.2, 0.25) is 0 Å². The summed E-state index contributed by atoms with van der Waals surface area (Å²) in [4.78, 5) is 3.88. The SMILES string of the molecule is CCCNC(CC)Cc1ccc(C(F)(F)F)cn1. The molecule has 0 bridgehead atoms. The van der Waals surface area contributed by atoms with E-state index in [9.17, 15) is 13.2 Å². The summed E-state index contributed by atoms with van der Waals surface area (Å²) in [7, 11) is 0. The van der Waals surface area contributed by atoms with E-state index in [-0.39, 0.29) is 6.04 Å². The van der Waals surface area contributed by atoms with E-state index in [1.807, 2.05) is 0 Å². The maximum absolute atomic E-state index is 12.4. The Hall–Kier alpha value is -1.10. The molecule has 5 heteroatoms. The summed E-state index contributed by atoms with van der Waals surface area (Å²) in [5.41, 5.74) is -0.000677. The monoisotopic (exact) mass is 260 g/mol. The third-order valence-electron chi connectivity index (χ3n) is 2.78. The number of aromatic nitrogens is 1. The molecule has 102 valence electrons. The van der Waals surface area contributed by atoms with Crippen LogP contribution in [0.25, 0.3) is 0 Å². The molecule has 0 radical (unpaired) electrons. The molecule has 0 saturated heterocycles. The van der Waals surface area contributed by atoms with Crippen molar-refractivity contribution in [3.8, 4) is 0 Å². The van der Waals surface area contributed by atoms with Gasteiger partial charge in [0, 0.05) is 24.4 Å². The first-order valence-electron chi connectivity index (χ1n) is 6.22. The molecule has 18 heavy (non-hydrogen) atoms. The minimum Gasteiger partial charge on any atom is -0.314 e. The number of nitrogens with zero attached hydrogens (tertiary/aromatic N) is 1. The first-order valence-corrected chi connectivity index (χ1v) is 6.22. The van der Waals surface area contributed by atoms with Crippen LogP contribution in [0.3, 0.4) is 0 Å². The summed E-state index contributed by atoms with van der Waals surface area (Å²) in [6.07, 6.45) is -0.772. The van der Waals surface area contributed by atoms with Gasteiger partial charge in [0.15, 0.2) is 0 Å². The van der Waals surface area contributed by atoms with Crippen LogP contribution in [0.15, 0.2) is 18.3 Å². The van der Waals surface area contributed by atoms with Crippen molar-refractivity contribution >= 4 is 0 Å². The summed E-state index contributed by atoms with van der Waals surface area (Å²) in [6.45, 7) is 5.05. The van der Waals surface area contributed by atoms with Crippen LogP contribution in [0.2, 0.25) is 0 Å². The van der Waals surface area contributed by atoms with Gasteiger partial charge in [-0.25, -0.2) is 0 Å². The zero-order chi connectivity index (χ0) is 13.6. The zero-order valence-electron chi connectivity index (χ0n) is 10.7. The molecular weight excluding hydrogens is 241 g/mol. The van der Waals surface area contributed by atoms with Gasteiger partial charge in [0.25, 0.3) is 0 Å². The number of halogens is 3. The van der Waals surface area contributed by atoms with Gasteiger partial charge in [-0.05, 0) is 31.5 Å². The normalized spacial score (nSPS) is 13.6. The van der Waals surface area contributed by atoms with E-state index in [0.29, 0.717) is 12.1 Å². The van der Waals surface area contributed by atoms with Crippen molar-refractivity contribution in [3.63, 3.8) is 0 Å². The molecule has 1 atom stereocenters. The molecule has 2 nitrogen and oxygen atoms in total. The average Bonchev–Trinajstić information content (AvgIpc) is 2.34. The Morgan fingerprint density at radius 3 is 2.44 bits per heavy atom. The second-order valence-electron chi connectivity index (χ2n) is 4.30. The lowest BCUT2D eigenvalue weighted by atomic mass is 10.1. The maximum Gasteiger partial charge on any atom is 0.417 e. The van der Waals surface area contributed by atoms with E-state index >= 15 is 0 Å². The van der Waals surface area contributed by atoms with Crippen molar-refractivity contribution < 1.29 is 13.2 Å². The van der Waals surface area contributed by atoms with Gasteiger partial charge < -0.3 is 5.32 Å². The lowest BCUT2D eigenvalue weighted by molar-refractivity contribution is -0.137. The van der Waals surface area contributed by atoms with Crippen LogP contribution in [0.5, 0.6) is 0 Å². The largest absolute Gasteiger partial charge is 0.417 e. The van der Waals surface area contributed by atoms with E-state index in [1.54, 1.807) is 0 Å². The summed E-state index contributed by atoms with van der Waals surface area (Å²) in [6, 6.07) is 2.82. The van der Waals surface area contributed by atoms with Crippen LogP contribution in [0, 0.1) is 0 Å². The van der Waals surface area contributed by atoms with Crippen molar-refractivity contribution in [3.05, 3.63) is 29.6 Å². The molecular formula is C13H19F3N2. The van der Waals surface area contributed by atoms with Gasteiger partial charge in [0.1, 0.15) is 0 Å². The van der Waals surface area contributed by atoms with Gasteiger partial charge in [-0.1, -0.05) is 13.8 Å². The third kappa shape index (κ3) is 4.64. The average molecular weight is 260 g/mol. The zero-order valence-corrected chi connectivity index (χ0v) is 10.7. The third-order valence-corrected chi connectivity index (χ3v) is 2.78. The molecule has 1 aromatic rings. The van der Waals surface area contributed by atoms with Crippen LogP contribution in [0.4, 0.5) is 13.2 Å². The Kier molecular flexibility index (Phi) is 5.59. The van der Waals surface area contributed by atoms with Crippen LogP contribution in [0.1, 0.15) is 37.9 Å². The van der Waals surface area contributed by atoms with Crippen molar-refractivity contribution in [2.75, 3.05) is 6.54 Å². The molecule has 0 amide bonds. The Bertz CT molecular complexity index is 346. The van der Waals surface area contributed by atoms with Crippen molar-refractivity contribution in [1.29, 1.82) is 0 Å². The fourth-order valence-electron chi connectivity index (χ4n) is 1.67. The lowest BCUT2D eigenvalue weighted by Gasteiger charge is -2.16. The molecule has 0 aromatic carbocycles. The van der Waals surface area contributed by atoms with E-state index in [2.05, 4.69) is 24.1 Å². The molecule has 0 aliphatic heterocycles. The second-order valence-corrected chi connectivity index (χ2v) is 4.30. The Balaban J connectivity index is 2.62. The Labute approximate surface area is 106 Å². The summed E-state index contributed by atoms with van der Waals surface area (Å²) >= 11 is 0. The number of rotatable bonds is 6. The van der Waals surface area contributed by atoms with Gasteiger partial charge in [-0.15, -0.1) is 0 Å². The van der Waals surface area contributed by atoms with Crippen LogP contribution < -0.4 is 5.32 Å². The molecule has 1 unspecified atom stereocenters. The van der Waals surface area contributed by atoms with Crippen molar-refractivity contribution in [1.82, 2.24) is 10.3 Å². The lowest BCUT2D eigenvalue weighted by Crippen LogP contribution is -2.31. The quantitative estimate of drug-likeness (QED) is 0.847. The molecule has 0 spiro atoms. The highest BCUT2D eigenvalue weighted by molar-refractivity contribution is 5.17. The first-order chi connectivity index (χ1) is 8.47. The standard InChI is InChI=1S/C13H19F3N2/c1-3-7-17-11(4-2)8-12-6-5-10(9-18-12)13(14,15)16/h5-6,9,11,17H,3-4,7-8H2,1-2H3. The molecule has 1 heterocycles. The smallest absolute Gasteiger partial charge is 0.314 e. The predicted octanol–water partition coefficient (Wildman–Crippen LogP) is 3.42. The highest BCUT2D eigenvalue weighted by Crippen LogP contribution is 2.28. The number of hydrogen-bond donors (Lipinski definition) is 1. The number of pyridine rings is 1. The Morgan fingerprint density at radius 2 is 2.00 bits per heavy atom. The number of nitrogens with one attached hydrogen (secondary N) is 1. The Morgan fingerprint density at radius 1 is 1.28 bits per heavy atom. The van der Waals surface area contributed by atoms with E-state index in [0.717, 1.165) is 31.6 Å². The van der Waals surface area contributed by atoms with E-state index < -0.39 is 11.7 Å². The second kappa shape index (κ2) is 6.73. The minimum atomic E-state index is -4.31. The van der Waals surface area contributed by atoms with E-state index in [4.69, 9.17) is 0 Å². The topological polar surface area (TPSA) is 24.9 Å². The number of hydrogen-bond acceptors (Lipinski definition) is 2. The molecule has 1 N–H and O–H groups in total. The maximum atomic E-state index is 12.4. The van der Waals surface area contributed by atoms with Crippen LogP contribution in [-0.4, -0.2) is 17.6 Å². The van der Waals surface area contributed by atoms with Gasteiger partial charge in [-0.2, -0.15) is 13.2 Å². The van der Waals surface area contributed by atoms with Crippen LogP contribution in [-0.2, 0) is 12.6 Å². The van der Waals surface area contributed by atoms with Gasteiger partial charge in [0.05, 0.1) is 5.56 Å². The molecule has 1 rings (SSSR count).